The normalized spacial score (nSPS) is 16.0. The van der Waals surface area contributed by atoms with Crippen LogP contribution in [-0.2, 0) is 6.42 Å². The van der Waals surface area contributed by atoms with E-state index in [0.717, 1.165) is 50.4 Å². The van der Waals surface area contributed by atoms with Crippen molar-refractivity contribution in [3.63, 3.8) is 0 Å². The van der Waals surface area contributed by atoms with E-state index in [-0.39, 0.29) is 29.9 Å². The van der Waals surface area contributed by atoms with Crippen molar-refractivity contribution in [2.24, 2.45) is 4.99 Å². The van der Waals surface area contributed by atoms with Crippen LogP contribution in [0.1, 0.15) is 47.3 Å². The lowest BCUT2D eigenvalue weighted by atomic mass is 10.0. The molecule has 6 nitrogen and oxygen atoms in total. The summed E-state index contributed by atoms with van der Waals surface area (Å²) in [6.45, 7) is 5.22. The van der Waals surface area contributed by atoms with E-state index in [1.807, 2.05) is 31.3 Å². The number of hydrogen-bond donors (Lipinski definition) is 3. The Hall–Kier alpha value is -2.13. The molecule has 7 heteroatoms. The summed E-state index contributed by atoms with van der Waals surface area (Å²) in [4.78, 5) is 18.8. The van der Waals surface area contributed by atoms with Gasteiger partial charge in [-0.15, -0.1) is 24.0 Å². The van der Waals surface area contributed by atoms with Crippen LogP contribution in [0.2, 0.25) is 0 Å². The number of benzene rings is 2. The van der Waals surface area contributed by atoms with E-state index in [4.69, 9.17) is 0 Å². The van der Waals surface area contributed by atoms with Gasteiger partial charge in [-0.05, 0) is 49.4 Å². The first-order chi connectivity index (χ1) is 15.1. The van der Waals surface area contributed by atoms with Gasteiger partial charge in [0.15, 0.2) is 5.96 Å². The van der Waals surface area contributed by atoms with Crippen molar-refractivity contribution in [3.05, 3.63) is 71.3 Å². The van der Waals surface area contributed by atoms with Crippen LogP contribution < -0.4 is 16.0 Å². The Balaban J connectivity index is 0.00000363. The summed E-state index contributed by atoms with van der Waals surface area (Å²) in [7, 11) is 3.47. The summed E-state index contributed by atoms with van der Waals surface area (Å²) in [5.41, 5.74) is 3.21. The molecular formula is C25H36IN5O. The van der Waals surface area contributed by atoms with Gasteiger partial charge in [0.25, 0.3) is 5.91 Å². The number of amides is 1. The molecule has 1 amide bonds. The highest BCUT2D eigenvalue weighted by molar-refractivity contribution is 14.0. The maximum atomic E-state index is 11.8. The second kappa shape index (κ2) is 13.4. The predicted octanol–water partition coefficient (Wildman–Crippen LogP) is 3.60. The van der Waals surface area contributed by atoms with Gasteiger partial charge in [0, 0.05) is 51.4 Å². The van der Waals surface area contributed by atoms with Gasteiger partial charge in [-0.2, -0.15) is 0 Å². The average Bonchev–Trinajstić information content (AvgIpc) is 2.83. The molecule has 1 unspecified atom stereocenters. The van der Waals surface area contributed by atoms with Crippen LogP contribution in [0.4, 0.5) is 0 Å². The maximum Gasteiger partial charge on any atom is 0.251 e. The number of carbonyl (C=O) groups excluding carboxylic acids is 1. The Labute approximate surface area is 209 Å². The number of rotatable bonds is 7. The zero-order valence-corrected chi connectivity index (χ0v) is 21.6. The van der Waals surface area contributed by atoms with E-state index in [1.54, 1.807) is 7.05 Å². The summed E-state index contributed by atoms with van der Waals surface area (Å²) >= 11 is 0. The average molecular weight is 550 g/mol. The Morgan fingerprint density at radius 1 is 1.12 bits per heavy atom. The third-order valence-corrected chi connectivity index (χ3v) is 6.05. The van der Waals surface area contributed by atoms with Crippen molar-refractivity contribution < 1.29 is 4.79 Å². The largest absolute Gasteiger partial charge is 0.356 e. The summed E-state index contributed by atoms with van der Waals surface area (Å²) in [5.74, 6) is 0.789. The zero-order valence-electron chi connectivity index (χ0n) is 19.3. The van der Waals surface area contributed by atoms with Crippen LogP contribution >= 0.6 is 24.0 Å². The fraction of sp³-hybridized carbons (Fsp3) is 0.440. The minimum atomic E-state index is -0.0554. The molecule has 3 rings (SSSR count). The number of hydrogen-bond acceptors (Lipinski definition) is 3. The molecule has 1 saturated heterocycles. The molecule has 1 atom stereocenters. The van der Waals surface area contributed by atoms with Gasteiger partial charge in [0.05, 0.1) is 0 Å². The number of nitrogens with zero attached hydrogens (tertiary/aromatic N) is 2. The van der Waals surface area contributed by atoms with E-state index in [0.29, 0.717) is 17.6 Å². The Kier molecular flexibility index (Phi) is 11.0. The topological polar surface area (TPSA) is 68.8 Å². The third kappa shape index (κ3) is 7.48. The van der Waals surface area contributed by atoms with Crippen molar-refractivity contribution in [3.8, 4) is 0 Å². The molecule has 174 valence electrons. The number of piperidine rings is 1. The molecule has 2 aromatic carbocycles. The minimum absolute atomic E-state index is 0. The van der Waals surface area contributed by atoms with Crippen molar-refractivity contribution >= 4 is 35.8 Å². The summed E-state index contributed by atoms with van der Waals surface area (Å²) in [6.07, 6.45) is 3.04. The minimum Gasteiger partial charge on any atom is -0.356 e. The summed E-state index contributed by atoms with van der Waals surface area (Å²) < 4.78 is 0. The quantitative estimate of drug-likeness (QED) is 0.281. The summed E-state index contributed by atoms with van der Waals surface area (Å²) in [6, 6.07) is 19.4. The smallest absolute Gasteiger partial charge is 0.251 e. The van der Waals surface area contributed by atoms with E-state index >= 15 is 0 Å². The molecule has 0 aliphatic carbocycles. The van der Waals surface area contributed by atoms with Gasteiger partial charge in [0.1, 0.15) is 0 Å². The van der Waals surface area contributed by atoms with E-state index < -0.39 is 0 Å². The van der Waals surface area contributed by atoms with Crippen LogP contribution in [0.3, 0.4) is 0 Å². The molecule has 3 N–H and O–H groups in total. The van der Waals surface area contributed by atoms with Gasteiger partial charge < -0.3 is 16.0 Å². The SMILES string of the molecule is CN=C(NCCc1cccc(C(=O)NC)c1)NC1CCN(C(C)c2ccccc2)CC1.I. The van der Waals surface area contributed by atoms with Crippen molar-refractivity contribution in [2.45, 2.75) is 38.3 Å². The first kappa shape index (κ1) is 26.1. The van der Waals surface area contributed by atoms with Gasteiger partial charge in [-0.1, -0.05) is 42.5 Å². The van der Waals surface area contributed by atoms with Crippen LogP contribution in [0.25, 0.3) is 0 Å². The number of halogens is 1. The Morgan fingerprint density at radius 2 is 1.84 bits per heavy atom. The lowest BCUT2D eigenvalue weighted by Crippen LogP contribution is -2.49. The molecule has 0 bridgehead atoms. The number of guanidine groups is 1. The molecule has 0 radical (unpaired) electrons. The molecule has 2 aromatic rings. The van der Waals surface area contributed by atoms with Gasteiger partial charge >= 0.3 is 0 Å². The van der Waals surface area contributed by atoms with Crippen LogP contribution in [-0.4, -0.2) is 56.5 Å². The molecule has 32 heavy (non-hydrogen) atoms. The number of aliphatic imine (C=N–C) groups is 1. The van der Waals surface area contributed by atoms with Crippen molar-refractivity contribution in [1.82, 2.24) is 20.9 Å². The highest BCUT2D eigenvalue weighted by Gasteiger charge is 2.23. The molecule has 0 spiro atoms. The van der Waals surface area contributed by atoms with Crippen molar-refractivity contribution in [1.29, 1.82) is 0 Å². The first-order valence-electron chi connectivity index (χ1n) is 11.2. The van der Waals surface area contributed by atoms with Gasteiger partial charge in [-0.3, -0.25) is 14.7 Å². The lowest BCUT2D eigenvalue weighted by molar-refractivity contribution is 0.0963. The van der Waals surface area contributed by atoms with Crippen LogP contribution in [0.15, 0.2) is 59.6 Å². The van der Waals surface area contributed by atoms with E-state index in [2.05, 4.69) is 63.1 Å². The predicted molar refractivity (Wildman–Crippen MR) is 143 cm³/mol. The van der Waals surface area contributed by atoms with Crippen molar-refractivity contribution in [2.75, 3.05) is 33.7 Å². The van der Waals surface area contributed by atoms with E-state index in [9.17, 15) is 4.79 Å². The fourth-order valence-electron chi connectivity index (χ4n) is 4.10. The molecule has 1 aliphatic rings. The third-order valence-electron chi connectivity index (χ3n) is 6.05. The molecular weight excluding hydrogens is 513 g/mol. The van der Waals surface area contributed by atoms with Gasteiger partial charge in [0.2, 0.25) is 0 Å². The number of likely N-dealkylation sites (tertiary alicyclic amines) is 1. The monoisotopic (exact) mass is 549 g/mol. The van der Waals surface area contributed by atoms with Gasteiger partial charge in [-0.25, -0.2) is 0 Å². The molecule has 0 saturated carbocycles. The maximum absolute atomic E-state index is 11.8. The second-order valence-corrected chi connectivity index (χ2v) is 8.07. The van der Waals surface area contributed by atoms with E-state index in [1.165, 1.54) is 5.56 Å². The highest BCUT2D eigenvalue weighted by Crippen LogP contribution is 2.23. The van der Waals surface area contributed by atoms with Crippen LogP contribution in [0, 0.1) is 0 Å². The molecule has 1 heterocycles. The summed E-state index contributed by atoms with van der Waals surface area (Å²) in [5, 5.41) is 9.66. The standard InChI is InChI=1S/C25H35N5O.HI/c1-19(21-9-5-4-6-10-21)30-16-13-23(14-17-30)29-25(27-3)28-15-12-20-8-7-11-22(18-20)24(31)26-2;/h4-11,18-19,23H,12-17H2,1-3H3,(H,26,31)(H2,27,28,29);1H. The Bertz CT molecular complexity index is 866. The number of carbonyl (C=O) groups is 1. The first-order valence-corrected chi connectivity index (χ1v) is 11.2. The Morgan fingerprint density at radius 3 is 2.50 bits per heavy atom. The van der Waals surface area contributed by atoms with Crippen LogP contribution in [0.5, 0.6) is 0 Å². The molecule has 0 aromatic heterocycles. The fourth-order valence-corrected chi connectivity index (χ4v) is 4.10. The second-order valence-electron chi connectivity index (χ2n) is 8.07. The number of nitrogens with one attached hydrogen (secondary N) is 3. The molecule has 1 aliphatic heterocycles. The highest BCUT2D eigenvalue weighted by atomic mass is 127. The lowest BCUT2D eigenvalue weighted by Gasteiger charge is -2.37. The zero-order chi connectivity index (χ0) is 22.1. The molecule has 1 fully saturated rings.